The Bertz CT molecular complexity index is 1010. The molecule has 1 aliphatic rings. The molecule has 10 heteroatoms. The molecule has 1 atom stereocenters. The lowest BCUT2D eigenvalue weighted by Gasteiger charge is -2.42. The van der Waals surface area contributed by atoms with Crippen LogP contribution in [-0.4, -0.2) is 42.8 Å². The second kappa shape index (κ2) is 9.91. The Morgan fingerprint density at radius 3 is 2.42 bits per heavy atom. The van der Waals surface area contributed by atoms with Crippen LogP contribution in [0.2, 0.25) is 5.02 Å². The van der Waals surface area contributed by atoms with Crippen LogP contribution in [0, 0.1) is 12.3 Å². The van der Waals surface area contributed by atoms with Gasteiger partial charge in [0.05, 0.1) is 6.61 Å². The fourth-order valence-corrected chi connectivity index (χ4v) is 4.11. The molecule has 6 nitrogen and oxygen atoms in total. The maximum absolute atomic E-state index is 13.0. The van der Waals surface area contributed by atoms with Gasteiger partial charge in [0.2, 0.25) is 5.91 Å². The van der Waals surface area contributed by atoms with Gasteiger partial charge in [0, 0.05) is 35.5 Å². The number of nitrogens with zero attached hydrogens (tertiary/aromatic N) is 1. The molecule has 0 bridgehead atoms. The number of nitrogens with two attached hydrogens (primary N) is 1. The number of halogens is 4. The van der Waals surface area contributed by atoms with E-state index in [1.165, 1.54) is 12.1 Å². The van der Waals surface area contributed by atoms with Crippen molar-refractivity contribution in [3.05, 3.63) is 58.6 Å². The SMILES string of the molecule is Cc1cc(OC[C@]2(CC(N)=O)CCCN(C(=O)c3ccc(OC(F)(F)F)cc3)C2)ccc1Cl. The second-order valence-electron chi connectivity index (χ2n) is 8.25. The van der Waals surface area contributed by atoms with Gasteiger partial charge in [-0.3, -0.25) is 9.59 Å². The summed E-state index contributed by atoms with van der Waals surface area (Å²) < 4.78 is 46.9. The van der Waals surface area contributed by atoms with Gasteiger partial charge in [-0.15, -0.1) is 13.2 Å². The first-order chi connectivity index (χ1) is 15.5. The number of alkyl halides is 3. The quantitative estimate of drug-likeness (QED) is 0.616. The Hall–Kier alpha value is -2.94. The second-order valence-corrected chi connectivity index (χ2v) is 8.65. The van der Waals surface area contributed by atoms with E-state index in [0.717, 1.165) is 17.7 Å². The fraction of sp³-hybridized carbons (Fsp3) is 0.391. The van der Waals surface area contributed by atoms with E-state index in [1.807, 2.05) is 6.92 Å². The normalized spacial score (nSPS) is 18.6. The number of likely N-dealkylation sites (tertiary alicyclic amines) is 1. The predicted molar refractivity (Wildman–Crippen MR) is 116 cm³/mol. The third kappa shape index (κ3) is 6.77. The number of hydrogen-bond acceptors (Lipinski definition) is 4. The standard InChI is InChI=1S/C23H24ClF3N2O4/c1-15-11-18(7-8-19(15)24)32-14-22(12-20(28)30)9-2-10-29(13-22)21(31)16-3-5-17(6-4-16)33-23(25,26)27/h3-8,11H,2,9-10,12-14H2,1H3,(H2,28,30)/t22-/m0/s1. The van der Waals surface area contributed by atoms with Gasteiger partial charge in [-0.1, -0.05) is 11.6 Å². The van der Waals surface area contributed by atoms with Crippen LogP contribution in [0.4, 0.5) is 13.2 Å². The van der Waals surface area contributed by atoms with Crippen molar-refractivity contribution in [2.75, 3.05) is 19.7 Å². The van der Waals surface area contributed by atoms with Gasteiger partial charge in [-0.05, 0) is 67.8 Å². The van der Waals surface area contributed by atoms with Crippen molar-refractivity contribution in [3.63, 3.8) is 0 Å². The number of ether oxygens (including phenoxy) is 2. The van der Waals surface area contributed by atoms with Crippen LogP contribution in [0.5, 0.6) is 11.5 Å². The Morgan fingerprint density at radius 1 is 1.15 bits per heavy atom. The van der Waals surface area contributed by atoms with Crippen LogP contribution in [0.15, 0.2) is 42.5 Å². The summed E-state index contributed by atoms with van der Waals surface area (Å²) in [4.78, 5) is 26.4. The maximum atomic E-state index is 13.0. The Balaban J connectivity index is 1.73. The largest absolute Gasteiger partial charge is 0.573 e. The van der Waals surface area contributed by atoms with Crippen LogP contribution in [-0.2, 0) is 4.79 Å². The zero-order chi connectivity index (χ0) is 24.2. The first-order valence-corrected chi connectivity index (χ1v) is 10.7. The van der Waals surface area contributed by atoms with Crippen molar-refractivity contribution in [1.82, 2.24) is 4.90 Å². The van der Waals surface area contributed by atoms with Gasteiger partial charge >= 0.3 is 6.36 Å². The van der Waals surface area contributed by atoms with Gasteiger partial charge in [0.25, 0.3) is 5.91 Å². The topological polar surface area (TPSA) is 81.9 Å². The average molecular weight is 485 g/mol. The van der Waals surface area contributed by atoms with Gasteiger partial charge in [-0.25, -0.2) is 0 Å². The summed E-state index contributed by atoms with van der Waals surface area (Å²) in [5, 5.41) is 0.607. The summed E-state index contributed by atoms with van der Waals surface area (Å²) in [5.41, 5.74) is 5.87. The van der Waals surface area contributed by atoms with Crippen molar-refractivity contribution in [3.8, 4) is 11.5 Å². The number of rotatable bonds is 7. The molecule has 1 fully saturated rings. The van der Waals surface area contributed by atoms with Crippen LogP contribution in [0.25, 0.3) is 0 Å². The van der Waals surface area contributed by atoms with Crippen LogP contribution in [0.3, 0.4) is 0 Å². The molecule has 2 aromatic rings. The lowest BCUT2D eigenvalue weighted by Crippen LogP contribution is -2.50. The molecule has 1 saturated heterocycles. The van der Waals surface area contributed by atoms with E-state index in [9.17, 15) is 22.8 Å². The smallest absolute Gasteiger partial charge is 0.493 e. The van der Waals surface area contributed by atoms with E-state index in [0.29, 0.717) is 30.2 Å². The number of piperidine rings is 1. The maximum Gasteiger partial charge on any atom is 0.573 e. The Kier molecular flexibility index (Phi) is 7.41. The molecule has 33 heavy (non-hydrogen) atoms. The van der Waals surface area contributed by atoms with E-state index < -0.39 is 23.4 Å². The van der Waals surface area contributed by atoms with Crippen LogP contribution >= 0.6 is 11.6 Å². The van der Waals surface area contributed by atoms with Crippen molar-refractivity contribution in [1.29, 1.82) is 0 Å². The average Bonchev–Trinajstić information content (AvgIpc) is 2.73. The number of amides is 2. The summed E-state index contributed by atoms with van der Waals surface area (Å²) in [6.07, 6.45) is -3.53. The van der Waals surface area contributed by atoms with Gasteiger partial charge in [0.15, 0.2) is 0 Å². The van der Waals surface area contributed by atoms with Crippen LogP contribution < -0.4 is 15.2 Å². The van der Waals surface area contributed by atoms with Gasteiger partial charge < -0.3 is 20.1 Å². The van der Waals surface area contributed by atoms with E-state index in [4.69, 9.17) is 22.1 Å². The summed E-state index contributed by atoms with van der Waals surface area (Å²) in [7, 11) is 0. The molecule has 0 saturated carbocycles. The third-order valence-corrected chi connectivity index (χ3v) is 5.93. The molecule has 0 spiro atoms. The molecule has 3 rings (SSSR count). The summed E-state index contributed by atoms with van der Waals surface area (Å²) in [5.74, 6) is -0.685. The van der Waals surface area contributed by atoms with Crippen molar-refractivity contribution in [2.24, 2.45) is 11.1 Å². The van der Waals surface area contributed by atoms with Crippen molar-refractivity contribution in [2.45, 2.75) is 32.5 Å². The number of benzene rings is 2. The highest BCUT2D eigenvalue weighted by Gasteiger charge is 2.40. The number of carbonyl (C=O) groups is 2. The lowest BCUT2D eigenvalue weighted by molar-refractivity contribution is -0.274. The molecule has 0 aromatic heterocycles. The first kappa shape index (κ1) is 24.7. The Labute approximate surface area is 194 Å². The molecular weight excluding hydrogens is 461 g/mol. The number of hydrogen-bond donors (Lipinski definition) is 1. The molecule has 2 amide bonds. The van der Waals surface area contributed by atoms with E-state index in [-0.39, 0.29) is 31.0 Å². The molecule has 1 aliphatic heterocycles. The highest BCUT2D eigenvalue weighted by atomic mass is 35.5. The van der Waals surface area contributed by atoms with Gasteiger partial charge in [0.1, 0.15) is 11.5 Å². The van der Waals surface area contributed by atoms with E-state index >= 15 is 0 Å². The molecular formula is C23H24ClF3N2O4. The van der Waals surface area contributed by atoms with Crippen LogP contribution in [0.1, 0.15) is 35.2 Å². The fourth-order valence-electron chi connectivity index (χ4n) is 3.99. The minimum absolute atomic E-state index is 0.0295. The zero-order valence-corrected chi connectivity index (χ0v) is 18.7. The van der Waals surface area contributed by atoms with Crippen molar-refractivity contribution >= 4 is 23.4 Å². The minimum atomic E-state index is -4.81. The number of primary amides is 1. The van der Waals surface area contributed by atoms with E-state index in [2.05, 4.69) is 4.74 Å². The summed E-state index contributed by atoms with van der Waals surface area (Å²) in [6, 6.07) is 9.97. The molecule has 2 aromatic carbocycles. The molecule has 0 radical (unpaired) electrons. The zero-order valence-electron chi connectivity index (χ0n) is 18.0. The molecule has 2 N–H and O–H groups in total. The number of carbonyl (C=O) groups excluding carboxylic acids is 2. The predicted octanol–water partition coefficient (Wildman–Crippen LogP) is 4.72. The molecule has 0 unspecified atom stereocenters. The molecule has 0 aliphatic carbocycles. The number of aryl methyl sites for hydroxylation is 1. The van der Waals surface area contributed by atoms with Gasteiger partial charge in [-0.2, -0.15) is 0 Å². The summed E-state index contributed by atoms with van der Waals surface area (Å²) >= 11 is 6.05. The van der Waals surface area contributed by atoms with E-state index in [1.54, 1.807) is 23.1 Å². The highest BCUT2D eigenvalue weighted by Crippen LogP contribution is 2.35. The van der Waals surface area contributed by atoms with Crippen molar-refractivity contribution < 1.29 is 32.2 Å². The first-order valence-electron chi connectivity index (χ1n) is 10.3. The minimum Gasteiger partial charge on any atom is -0.493 e. The molecule has 1 heterocycles. The third-order valence-electron chi connectivity index (χ3n) is 5.51. The lowest BCUT2D eigenvalue weighted by atomic mass is 9.77. The summed E-state index contributed by atoms with van der Waals surface area (Å²) in [6.45, 7) is 2.68. The molecule has 178 valence electrons. The highest BCUT2D eigenvalue weighted by molar-refractivity contribution is 6.31. The Morgan fingerprint density at radius 2 is 1.82 bits per heavy atom. The monoisotopic (exact) mass is 484 g/mol.